The Labute approximate surface area is 134 Å². The number of amides is 2. The van der Waals surface area contributed by atoms with E-state index in [9.17, 15) is 14.4 Å². The number of esters is 1. The smallest absolute Gasteiger partial charge is 0.306 e. The zero-order valence-electron chi connectivity index (χ0n) is 12.8. The van der Waals surface area contributed by atoms with E-state index in [1.54, 1.807) is 31.2 Å². The lowest BCUT2D eigenvalue weighted by atomic mass is 10.2. The first-order chi connectivity index (χ1) is 10.4. The molecule has 0 fully saturated rings. The lowest BCUT2D eigenvalue weighted by molar-refractivity contribution is -0.140. The van der Waals surface area contributed by atoms with E-state index in [0.29, 0.717) is 17.1 Å². The van der Waals surface area contributed by atoms with Crippen molar-refractivity contribution in [1.29, 1.82) is 0 Å². The summed E-state index contributed by atoms with van der Waals surface area (Å²) in [6, 6.07) is 6.86. The number of hydrogen-bond donors (Lipinski definition) is 2. The first kappa shape index (κ1) is 18.0. The number of nitrogens with one attached hydrogen (secondary N) is 2. The van der Waals surface area contributed by atoms with Crippen molar-refractivity contribution in [2.24, 2.45) is 0 Å². The van der Waals surface area contributed by atoms with Crippen LogP contribution in [-0.4, -0.2) is 35.9 Å². The topological polar surface area (TPSA) is 84.5 Å². The highest BCUT2D eigenvalue weighted by molar-refractivity contribution is 8.00. The third-order valence-electron chi connectivity index (χ3n) is 2.74. The fourth-order valence-corrected chi connectivity index (χ4v) is 2.43. The fourth-order valence-electron chi connectivity index (χ4n) is 1.58. The van der Waals surface area contributed by atoms with Crippen LogP contribution in [0.2, 0.25) is 0 Å². The van der Waals surface area contributed by atoms with Crippen LogP contribution in [-0.2, 0) is 19.1 Å². The number of methoxy groups -OCH3 is 1. The molecule has 0 aliphatic carbocycles. The summed E-state index contributed by atoms with van der Waals surface area (Å²) in [4.78, 5) is 33.9. The van der Waals surface area contributed by atoms with Crippen molar-refractivity contribution in [3.05, 3.63) is 24.3 Å². The van der Waals surface area contributed by atoms with Gasteiger partial charge in [0, 0.05) is 24.1 Å². The Kier molecular flexibility index (Phi) is 7.45. The second-order valence-electron chi connectivity index (χ2n) is 4.59. The highest BCUT2D eigenvalue weighted by Crippen LogP contribution is 2.17. The second kappa shape index (κ2) is 9.09. The van der Waals surface area contributed by atoms with Crippen molar-refractivity contribution >= 4 is 40.9 Å². The number of benzene rings is 1. The van der Waals surface area contributed by atoms with Gasteiger partial charge in [0.15, 0.2) is 0 Å². The Hall–Kier alpha value is -2.02. The summed E-state index contributed by atoms with van der Waals surface area (Å²) in [6.45, 7) is 3.21. The SMILES string of the molecule is COC(=O)CCS[C@H](C)C(=O)Nc1ccc(NC(C)=O)cc1. The van der Waals surface area contributed by atoms with Crippen LogP contribution in [0.1, 0.15) is 20.3 Å². The number of carbonyl (C=O) groups excluding carboxylic acids is 3. The summed E-state index contributed by atoms with van der Waals surface area (Å²) >= 11 is 1.39. The molecule has 0 bridgehead atoms. The van der Waals surface area contributed by atoms with E-state index in [2.05, 4.69) is 15.4 Å². The molecule has 6 nitrogen and oxygen atoms in total. The zero-order chi connectivity index (χ0) is 16.5. The van der Waals surface area contributed by atoms with Crippen LogP contribution in [0.3, 0.4) is 0 Å². The molecule has 0 aliphatic rings. The standard InChI is InChI=1S/C15H20N2O4S/c1-10(22-9-8-14(19)21-3)15(20)17-13-6-4-12(5-7-13)16-11(2)18/h4-7,10H,8-9H2,1-3H3,(H,16,18)(H,17,20)/t10-/m1/s1. The Morgan fingerprint density at radius 2 is 1.68 bits per heavy atom. The van der Waals surface area contributed by atoms with Crippen LogP contribution >= 0.6 is 11.8 Å². The predicted octanol–water partition coefficient (Wildman–Crippen LogP) is 2.27. The van der Waals surface area contributed by atoms with Gasteiger partial charge >= 0.3 is 5.97 Å². The van der Waals surface area contributed by atoms with E-state index in [1.807, 2.05) is 0 Å². The molecule has 7 heteroatoms. The molecule has 1 aromatic rings. The van der Waals surface area contributed by atoms with Crippen LogP contribution in [0.4, 0.5) is 11.4 Å². The number of rotatable bonds is 7. The summed E-state index contributed by atoms with van der Waals surface area (Å²) in [5, 5.41) is 5.16. The van der Waals surface area contributed by atoms with Gasteiger partial charge < -0.3 is 15.4 Å². The van der Waals surface area contributed by atoms with Gasteiger partial charge in [-0.2, -0.15) is 0 Å². The average Bonchev–Trinajstić information content (AvgIpc) is 2.48. The molecule has 0 unspecified atom stereocenters. The summed E-state index contributed by atoms with van der Waals surface area (Å²) in [7, 11) is 1.34. The van der Waals surface area contributed by atoms with Gasteiger partial charge in [0.05, 0.1) is 18.8 Å². The van der Waals surface area contributed by atoms with E-state index < -0.39 is 0 Å². The Morgan fingerprint density at radius 3 is 2.18 bits per heavy atom. The Morgan fingerprint density at radius 1 is 1.14 bits per heavy atom. The molecule has 120 valence electrons. The molecule has 2 N–H and O–H groups in total. The first-order valence-corrected chi connectivity index (χ1v) is 7.84. The summed E-state index contributed by atoms with van der Waals surface area (Å²) < 4.78 is 4.54. The third kappa shape index (κ3) is 6.62. The van der Waals surface area contributed by atoms with Crippen molar-refractivity contribution in [2.75, 3.05) is 23.5 Å². The van der Waals surface area contributed by atoms with Crippen molar-refractivity contribution in [3.8, 4) is 0 Å². The number of thioether (sulfide) groups is 1. The summed E-state index contributed by atoms with van der Waals surface area (Å²) in [5.74, 6) is -0.0360. The van der Waals surface area contributed by atoms with Crippen LogP contribution in [0.5, 0.6) is 0 Å². The minimum absolute atomic E-state index is 0.137. The highest BCUT2D eigenvalue weighted by atomic mass is 32.2. The largest absolute Gasteiger partial charge is 0.469 e. The monoisotopic (exact) mass is 324 g/mol. The molecule has 0 radical (unpaired) electrons. The molecule has 0 aromatic heterocycles. The molecule has 2 amide bonds. The lowest BCUT2D eigenvalue weighted by Gasteiger charge is -2.12. The second-order valence-corrected chi connectivity index (χ2v) is 6.04. The average molecular weight is 324 g/mol. The number of hydrogen-bond acceptors (Lipinski definition) is 5. The number of anilines is 2. The maximum atomic E-state index is 12.0. The number of carbonyl (C=O) groups is 3. The molecule has 1 aromatic carbocycles. The van der Waals surface area contributed by atoms with Crippen LogP contribution < -0.4 is 10.6 Å². The molecule has 1 atom stereocenters. The number of ether oxygens (including phenoxy) is 1. The normalized spacial score (nSPS) is 11.4. The van der Waals surface area contributed by atoms with E-state index in [0.717, 1.165) is 0 Å². The van der Waals surface area contributed by atoms with E-state index in [1.165, 1.54) is 25.8 Å². The fraction of sp³-hybridized carbons (Fsp3) is 0.400. The Balaban J connectivity index is 2.43. The lowest BCUT2D eigenvalue weighted by Crippen LogP contribution is -2.23. The molecular weight excluding hydrogens is 304 g/mol. The van der Waals surface area contributed by atoms with Crippen LogP contribution in [0.15, 0.2) is 24.3 Å². The minimum atomic E-state index is -0.284. The molecule has 0 saturated heterocycles. The van der Waals surface area contributed by atoms with Gasteiger partial charge in [-0.25, -0.2) is 0 Å². The first-order valence-electron chi connectivity index (χ1n) is 6.79. The van der Waals surface area contributed by atoms with Crippen molar-refractivity contribution in [2.45, 2.75) is 25.5 Å². The van der Waals surface area contributed by atoms with Gasteiger partial charge in [0.1, 0.15) is 0 Å². The van der Waals surface area contributed by atoms with E-state index in [-0.39, 0.29) is 29.5 Å². The zero-order valence-corrected chi connectivity index (χ0v) is 13.7. The predicted molar refractivity (Wildman–Crippen MR) is 87.9 cm³/mol. The molecular formula is C15H20N2O4S. The van der Waals surface area contributed by atoms with Crippen molar-refractivity contribution < 1.29 is 19.1 Å². The van der Waals surface area contributed by atoms with Crippen molar-refractivity contribution in [3.63, 3.8) is 0 Å². The molecule has 1 rings (SSSR count). The van der Waals surface area contributed by atoms with Gasteiger partial charge in [-0.15, -0.1) is 11.8 Å². The Bertz CT molecular complexity index is 531. The van der Waals surface area contributed by atoms with E-state index in [4.69, 9.17) is 0 Å². The van der Waals surface area contributed by atoms with Crippen LogP contribution in [0, 0.1) is 0 Å². The van der Waals surface area contributed by atoms with Crippen molar-refractivity contribution in [1.82, 2.24) is 0 Å². The van der Waals surface area contributed by atoms with Gasteiger partial charge in [-0.05, 0) is 31.2 Å². The quantitative estimate of drug-likeness (QED) is 0.752. The molecule has 0 aliphatic heterocycles. The van der Waals surface area contributed by atoms with E-state index >= 15 is 0 Å². The molecule has 22 heavy (non-hydrogen) atoms. The molecule has 0 heterocycles. The summed E-state index contributed by atoms with van der Waals surface area (Å²) in [6.07, 6.45) is 0.282. The van der Waals surface area contributed by atoms with Crippen LogP contribution in [0.25, 0.3) is 0 Å². The van der Waals surface area contributed by atoms with Gasteiger partial charge in [-0.1, -0.05) is 0 Å². The van der Waals surface area contributed by atoms with Gasteiger partial charge in [-0.3, -0.25) is 14.4 Å². The molecule has 0 saturated carbocycles. The van der Waals surface area contributed by atoms with Gasteiger partial charge in [0.25, 0.3) is 0 Å². The van der Waals surface area contributed by atoms with Gasteiger partial charge in [0.2, 0.25) is 11.8 Å². The maximum Gasteiger partial charge on any atom is 0.306 e. The molecule has 0 spiro atoms. The highest BCUT2D eigenvalue weighted by Gasteiger charge is 2.14. The third-order valence-corrected chi connectivity index (χ3v) is 3.90. The minimum Gasteiger partial charge on any atom is -0.469 e. The summed E-state index contributed by atoms with van der Waals surface area (Å²) in [5.41, 5.74) is 1.32. The maximum absolute atomic E-state index is 12.0.